The van der Waals surface area contributed by atoms with Gasteiger partial charge < -0.3 is 4.40 Å². The van der Waals surface area contributed by atoms with Gasteiger partial charge in [0.25, 0.3) is 0 Å². The van der Waals surface area contributed by atoms with E-state index in [2.05, 4.69) is 22.4 Å². The average Bonchev–Trinajstić information content (AvgIpc) is 2.53. The van der Waals surface area contributed by atoms with Crippen molar-refractivity contribution in [3.05, 3.63) is 35.9 Å². The smallest absolute Gasteiger partial charge is 0.110 e. The van der Waals surface area contributed by atoms with Gasteiger partial charge in [-0.25, -0.2) is 4.98 Å². The van der Waals surface area contributed by atoms with Crippen LogP contribution in [0, 0.1) is 13.8 Å². The van der Waals surface area contributed by atoms with Gasteiger partial charge in [-0.3, -0.25) is 0 Å². The zero-order valence-electron chi connectivity index (χ0n) is 8.70. The van der Waals surface area contributed by atoms with E-state index in [0.29, 0.717) is 0 Å². The number of aryl methyl sites for hydroxylation is 2. The van der Waals surface area contributed by atoms with E-state index < -0.39 is 0 Å². The molecule has 0 unspecified atom stereocenters. The molecule has 0 fully saturated rings. The highest BCUT2D eigenvalue weighted by atomic mass is 15.0. The van der Waals surface area contributed by atoms with Crippen LogP contribution in [0.1, 0.15) is 25.2 Å². The Kier molecular flexibility index (Phi) is 3.07. The average molecular weight is 176 g/mol. The maximum Gasteiger partial charge on any atom is 0.110 e. The molecule has 0 aromatic carbocycles. The number of hydrogen-bond acceptors (Lipinski definition) is 1. The van der Waals surface area contributed by atoms with Crippen LogP contribution in [0.4, 0.5) is 0 Å². The lowest BCUT2D eigenvalue weighted by atomic mass is 10.3. The molecule has 0 N–H and O–H groups in total. The zero-order valence-corrected chi connectivity index (χ0v) is 8.70. The second-order valence-corrected chi connectivity index (χ2v) is 2.75. The SMILES string of the molecule is CC.Cc1cccn2c(C)ncc12. The third-order valence-electron chi connectivity index (χ3n) is 1.97. The topological polar surface area (TPSA) is 17.3 Å². The van der Waals surface area contributed by atoms with Gasteiger partial charge in [0.2, 0.25) is 0 Å². The Labute approximate surface area is 79.2 Å². The first-order chi connectivity index (χ1) is 6.29. The molecule has 2 rings (SSSR count). The van der Waals surface area contributed by atoms with E-state index >= 15 is 0 Å². The van der Waals surface area contributed by atoms with Gasteiger partial charge in [-0.15, -0.1) is 0 Å². The lowest BCUT2D eigenvalue weighted by molar-refractivity contribution is 1.04. The molecule has 0 spiro atoms. The van der Waals surface area contributed by atoms with Crippen LogP contribution in [0.3, 0.4) is 0 Å². The predicted molar refractivity (Wildman–Crippen MR) is 56.0 cm³/mol. The van der Waals surface area contributed by atoms with Gasteiger partial charge in [-0.1, -0.05) is 19.9 Å². The highest BCUT2D eigenvalue weighted by Gasteiger charge is 1.98. The van der Waals surface area contributed by atoms with Crippen LogP contribution in [-0.2, 0) is 0 Å². The lowest BCUT2D eigenvalue weighted by Crippen LogP contribution is -1.87. The van der Waals surface area contributed by atoms with E-state index in [-0.39, 0.29) is 0 Å². The number of rotatable bonds is 0. The van der Waals surface area contributed by atoms with Gasteiger partial charge in [0.05, 0.1) is 11.7 Å². The van der Waals surface area contributed by atoms with E-state index in [4.69, 9.17) is 0 Å². The van der Waals surface area contributed by atoms with Crippen LogP contribution in [-0.4, -0.2) is 9.38 Å². The van der Waals surface area contributed by atoms with E-state index in [9.17, 15) is 0 Å². The molecule has 2 nitrogen and oxygen atoms in total. The summed E-state index contributed by atoms with van der Waals surface area (Å²) in [5.41, 5.74) is 2.47. The molecule has 2 heterocycles. The van der Waals surface area contributed by atoms with Crippen molar-refractivity contribution >= 4 is 5.52 Å². The van der Waals surface area contributed by atoms with Crippen molar-refractivity contribution in [3.63, 3.8) is 0 Å². The largest absolute Gasteiger partial charge is 0.304 e. The van der Waals surface area contributed by atoms with Gasteiger partial charge in [-0.2, -0.15) is 0 Å². The summed E-state index contributed by atoms with van der Waals surface area (Å²) in [6.07, 6.45) is 3.94. The molecular formula is C11H16N2. The Morgan fingerprint density at radius 1 is 1.23 bits per heavy atom. The summed E-state index contributed by atoms with van der Waals surface area (Å²) < 4.78 is 2.09. The molecule has 0 saturated carbocycles. The molecule has 0 saturated heterocycles. The molecule has 0 aliphatic carbocycles. The number of fused-ring (bicyclic) bond motifs is 1. The fourth-order valence-corrected chi connectivity index (χ4v) is 1.29. The highest BCUT2D eigenvalue weighted by Crippen LogP contribution is 2.10. The number of nitrogens with zero attached hydrogens (tertiary/aromatic N) is 2. The molecule has 2 aromatic heterocycles. The third kappa shape index (κ3) is 1.72. The minimum Gasteiger partial charge on any atom is -0.304 e. The molecule has 0 aliphatic heterocycles. The number of aromatic nitrogens is 2. The van der Waals surface area contributed by atoms with Crippen molar-refractivity contribution in [1.29, 1.82) is 0 Å². The summed E-state index contributed by atoms with van der Waals surface area (Å²) in [5.74, 6) is 1.05. The van der Waals surface area contributed by atoms with E-state index in [1.54, 1.807) is 0 Å². The predicted octanol–water partition coefficient (Wildman–Crippen LogP) is 2.98. The van der Waals surface area contributed by atoms with Crippen molar-refractivity contribution in [2.24, 2.45) is 0 Å². The summed E-state index contributed by atoms with van der Waals surface area (Å²) in [6, 6.07) is 4.13. The summed E-state index contributed by atoms with van der Waals surface area (Å²) in [7, 11) is 0. The van der Waals surface area contributed by atoms with Crippen molar-refractivity contribution in [1.82, 2.24) is 9.38 Å². The Balaban J connectivity index is 0.000000396. The third-order valence-corrected chi connectivity index (χ3v) is 1.97. The van der Waals surface area contributed by atoms with Crippen molar-refractivity contribution in [2.75, 3.05) is 0 Å². The maximum atomic E-state index is 4.22. The Hall–Kier alpha value is -1.31. The maximum absolute atomic E-state index is 4.22. The Morgan fingerprint density at radius 3 is 2.54 bits per heavy atom. The minimum atomic E-state index is 1.05. The normalized spacial score (nSPS) is 9.54. The molecule has 2 aromatic rings. The number of pyridine rings is 1. The van der Waals surface area contributed by atoms with Gasteiger partial charge in [-0.05, 0) is 25.5 Å². The van der Waals surface area contributed by atoms with E-state index in [0.717, 1.165) is 5.82 Å². The van der Waals surface area contributed by atoms with Crippen LogP contribution in [0.2, 0.25) is 0 Å². The molecule has 0 amide bonds. The van der Waals surface area contributed by atoms with E-state index in [1.165, 1.54) is 11.1 Å². The first-order valence-electron chi connectivity index (χ1n) is 4.68. The summed E-state index contributed by atoms with van der Waals surface area (Å²) in [4.78, 5) is 4.22. The van der Waals surface area contributed by atoms with Gasteiger partial charge in [0, 0.05) is 6.20 Å². The Morgan fingerprint density at radius 2 is 1.92 bits per heavy atom. The lowest BCUT2D eigenvalue weighted by Gasteiger charge is -1.97. The fraction of sp³-hybridized carbons (Fsp3) is 0.364. The van der Waals surface area contributed by atoms with Crippen LogP contribution in [0.25, 0.3) is 5.52 Å². The van der Waals surface area contributed by atoms with Crippen molar-refractivity contribution in [2.45, 2.75) is 27.7 Å². The summed E-state index contributed by atoms with van der Waals surface area (Å²) in [6.45, 7) is 8.10. The van der Waals surface area contributed by atoms with Crippen LogP contribution in [0.15, 0.2) is 24.5 Å². The highest BCUT2D eigenvalue weighted by molar-refractivity contribution is 5.52. The summed E-state index contributed by atoms with van der Waals surface area (Å²) >= 11 is 0. The van der Waals surface area contributed by atoms with Crippen LogP contribution >= 0.6 is 0 Å². The van der Waals surface area contributed by atoms with Crippen LogP contribution < -0.4 is 0 Å². The first kappa shape index (κ1) is 9.78. The zero-order chi connectivity index (χ0) is 9.84. The molecular weight excluding hydrogens is 160 g/mol. The summed E-state index contributed by atoms with van der Waals surface area (Å²) in [5, 5.41) is 0. The quantitative estimate of drug-likeness (QED) is 0.603. The molecule has 0 radical (unpaired) electrons. The standard InChI is InChI=1S/C9H10N2.C2H6/c1-7-4-3-5-11-8(2)10-6-9(7)11;1-2/h3-6H,1-2H3;1-2H3. The first-order valence-corrected chi connectivity index (χ1v) is 4.68. The molecule has 2 heteroatoms. The number of hydrogen-bond donors (Lipinski definition) is 0. The number of imidazole rings is 1. The molecule has 13 heavy (non-hydrogen) atoms. The van der Waals surface area contributed by atoms with Crippen molar-refractivity contribution in [3.8, 4) is 0 Å². The molecule has 0 aliphatic rings. The van der Waals surface area contributed by atoms with E-state index in [1.807, 2.05) is 39.2 Å². The van der Waals surface area contributed by atoms with Gasteiger partial charge >= 0.3 is 0 Å². The molecule has 0 bridgehead atoms. The monoisotopic (exact) mass is 176 g/mol. The molecule has 70 valence electrons. The Bertz CT molecular complexity index is 388. The van der Waals surface area contributed by atoms with Crippen LogP contribution in [0.5, 0.6) is 0 Å². The van der Waals surface area contributed by atoms with Gasteiger partial charge in [0.1, 0.15) is 5.82 Å². The second-order valence-electron chi connectivity index (χ2n) is 2.75. The fourth-order valence-electron chi connectivity index (χ4n) is 1.29. The van der Waals surface area contributed by atoms with Gasteiger partial charge in [0.15, 0.2) is 0 Å². The minimum absolute atomic E-state index is 1.05. The second kappa shape index (κ2) is 4.08. The molecule has 0 atom stereocenters. The van der Waals surface area contributed by atoms with Crippen molar-refractivity contribution < 1.29 is 0 Å².